The molecule has 39 heavy (non-hydrogen) atoms. The van der Waals surface area contributed by atoms with E-state index in [0.29, 0.717) is 19.4 Å². The molecule has 2 atom stereocenters. The fraction of sp³-hybridized carbons (Fsp3) is 0.900. The number of primary amides is 1. The standard InChI is InChI=1S/C30H53N3O6/c1-6-7-8-11-15-29(16-14-17-29)33(26(31)37)30(18-12-9-10-13-19-30)22(25(35)36)20-32-24(34)23-27(2,3)21-38-28(4,5)39-23/h22-23H,6-21H2,1-5H3,(H2,31,37)(H,32,34)(H,35,36). The molecule has 4 N–H and O–H groups in total. The molecule has 2 unspecified atom stereocenters. The van der Waals surface area contributed by atoms with Crippen LogP contribution in [-0.4, -0.2) is 64.0 Å². The van der Waals surface area contributed by atoms with Gasteiger partial charge in [-0.05, 0) is 52.4 Å². The summed E-state index contributed by atoms with van der Waals surface area (Å²) in [6, 6.07) is -0.527. The van der Waals surface area contributed by atoms with E-state index in [0.717, 1.165) is 77.0 Å². The first-order valence-electron chi connectivity index (χ1n) is 15.2. The van der Waals surface area contributed by atoms with Crippen molar-refractivity contribution in [1.29, 1.82) is 0 Å². The second kappa shape index (κ2) is 12.8. The SMILES string of the molecule is CCCCCCC1(N(C(N)=O)C2(C(CNC(=O)C3OC(C)(C)OCC3(C)C)C(=O)O)CCCCCC2)CCC1. The average Bonchev–Trinajstić information content (AvgIpc) is 3.07. The maximum absolute atomic E-state index is 13.5. The van der Waals surface area contributed by atoms with Gasteiger partial charge in [0.25, 0.3) is 0 Å². The molecule has 3 aliphatic rings. The second-order valence-electron chi connectivity index (χ2n) is 13.4. The molecule has 0 radical (unpaired) electrons. The van der Waals surface area contributed by atoms with E-state index in [1.165, 1.54) is 0 Å². The second-order valence-corrected chi connectivity index (χ2v) is 13.4. The zero-order valence-corrected chi connectivity index (χ0v) is 25.0. The molecule has 0 aromatic carbocycles. The number of unbranched alkanes of at least 4 members (excludes halogenated alkanes) is 3. The van der Waals surface area contributed by atoms with E-state index in [1.54, 1.807) is 13.8 Å². The predicted molar refractivity (Wildman–Crippen MR) is 150 cm³/mol. The molecule has 3 amide bonds. The van der Waals surface area contributed by atoms with Gasteiger partial charge in [0.05, 0.1) is 18.1 Å². The lowest BCUT2D eigenvalue weighted by Gasteiger charge is -2.59. The first-order valence-corrected chi connectivity index (χ1v) is 15.2. The predicted octanol–water partition coefficient (Wildman–Crippen LogP) is 5.35. The van der Waals surface area contributed by atoms with Crippen LogP contribution in [0, 0.1) is 11.3 Å². The van der Waals surface area contributed by atoms with Crippen molar-refractivity contribution in [3.8, 4) is 0 Å². The Morgan fingerprint density at radius 2 is 1.62 bits per heavy atom. The number of nitrogens with one attached hydrogen (secondary N) is 1. The zero-order valence-electron chi connectivity index (χ0n) is 25.0. The van der Waals surface area contributed by atoms with Gasteiger partial charge in [-0.2, -0.15) is 0 Å². The molecule has 0 bridgehead atoms. The minimum atomic E-state index is -1.00. The lowest BCUT2D eigenvalue weighted by molar-refractivity contribution is -0.304. The van der Waals surface area contributed by atoms with Crippen molar-refractivity contribution >= 4 is 17.9 Å². The molecule has 1 saturated heterocycles. The van der Waals surface area contributed by atoms with E-state index >= 15 is 0 Å². The van der Waals surface area contributed by atoms with Gasteiger partial charge in [-0.3, -0.25) is 9.59 Å². The first kappa shape index (κ1) is 31.7. The summed E-state index contributed by atoms with van der Waals surface area (Å²) in [6.07, 6.45) is 11.9. The number of amides is 3. The minimum Gasteiger partial charge on any atom is -0.481 e. The van der Waals surface area contributed by atoms with Gasteiger partial charge in [-0.1, -0.05) is 72.1 Å². The first-order chi connectivity index (χ1) is 18.3. The quantitative estimate of drug-likeness (QED) is 0.221. The highest BCUT2D eigenvalue weighted by molar-refractivity contribution is 5.83. The van der Waals surface area contributed by atoms with E-state index in [9.17, 15) is 19.5 Å². The topological polar surface area (TPSA) is 131 Å². The van der Waals surface area contributed by atoms with Gasteiger partial charge >= 0.3 is 12.0 Å². The van der Waals surface area contributed by atoms with Crippen LogP contribution in [0.5, 0.6) is 0 Å². The third kappa shape index (κ3) is 7.07. The molecule has 0 aromatic heterocycles. The lowest BCUT2D eigenvalue weighted by atomic mass is 9.66. The molecule has 9 nitrogen and oxygen atoms in total. The molecule has 9 heteroatoms. The molecule has 3 fully saturated rings. The van der Waals surface area contributed by atoms with Crippen molar-refractivity contribution in [3.05, 3.63) is 0 Å². The summed E-state index contributed by atoms with van der Waals surface area (Å²) >= 11 is 0. The van der Waals surface area contributed by atoms with Crippen LogP contribution >= 0.6 is 0 Å². The Hall–Kier alpha value is -1.87. The third-order valence-electron chi connectivity index (χ3n) is 9.46. The number of carbonyl (C=O) groups excluding carboxylic acids is 2. The molecule has 0 spiro atoms. The Balaban J connectivity index is 1.92. The van der Waals surface area contributed by atoms with Crippen LogP contribution in [-0.2, 0) is 19.1 Å². The normalized spacial score (nSPS) is 25.9. The van der Waals surface area contributed by atoms with Gasteiger partial charge in [0.1, 0.15) is 6.10 Å². The molecular formula is C30H53N3O6. The zero-order chi connectivity index (χ0) is 28.9. The summed E-state index contributed by atoms with van der Waals surface area (Å²) < 4.78 is 11.8. The monoisotopic (exact) mass is 551 g/mol. The van der Waals surface area contributed by atoms with Crippen molar-refractivity contribution in [1.82, 2.24) is 10.2 Å². The fourth-order valence-corrected chi connectivity index (χ4v) is 7.17. The fourth-order valence-electron chi connectivity index (χ4n) is 7.17. The van der Waals surface area contributed by atoms with Gasteiger partial charge in [0.15, 0.2) is 5.79 Å². The highest BCUT2D eigenvalue weighted by atomic mass is 16.7. The van der Waals surface area contributed by atoms with Crippen molar-refractivity contribution in [3.63, 3.8) is 0 Å². The highest BCUT2D eigenvalue weighted by Gasteiger charge is 2.57. The van der Waals surface area contributed by atoms with Crippen LogP contribution in [0.4, 0.5) is 4.79 Å². The minimum absolute atomic E-state index is 0.0823. The van der Waals surface area contributed by atoms with E-state index in [1.807, 2.05) is 18.7 Å². The van der Waals surface area contributed by atoms with E-state index in [4.69, 9.17) is 15.2 Å². The van der Waals surface area contributed by atoms with Crippen molar-refractivity contribution in [2.45, 2.75) is 147 Å². The van der Waals surface area contributed by atoms with Crippen LogP contribution in [0.1, 0.15) is 125 Å². The summed E-state index contributed by atoms with van der Waals surface area (Å²) in [6.45, 7) is 9.79. The summed E-state index contributed by atoms with van der Waals surface area (Å²) in [5.74, 6) is -3.24. The average molecular weight is 552 g/mol. The number of ether oxygens (including phenoxy) is 2. The summed E-state index contributed by atoms with van der Waals surface area (Å²) in [4.78, 5) is 41.6. The molecule has 2 aliphatic carbocycles. The van der Waals surface area contributed by atoms with Crippen LogP contribution < -0.4 is 11.1 Å². The highest BCUT2D eigenvalue weighted by Crippen LogP contribution is 2.51. The van der Waals surface area contributed by atoms with Crippen LogP contribution in [0.15, 0.2) is 0 Å². The smallest absolute Gasteiger partial charge is 0.315 e. The number of nitrogens with two attached hydrogens (primary N) is 1. The van der Waals surface area contributed by atoms with Gasteiger partial charge < -0.3 is 30.5 Å². The summed E-state index contributed by atoms with van der Waals surface area (Å²) in [7, 11) is 0. The van der Waals surface area contributed by atoms with Crippen LogP contribution in [0.3, 0.4) is 0 Å². The molecule has 1 heterocycles. The maximum atomic E-state index is 13.5. The number of aliphatic carboxylic acids is 1. The number of hydrogen-bond donors (Lipinski definition) is 3. The molecule has 3 rings (SSSR count). The van der Waals surface area contributed by atoms with Crippen molar-refractivity contribution in [2.24, 2.45) is 17.1 Å². The largest absolute Gasteiger partial charge is 0.481 e. The van der Waals surface area contributed by atoms with Crippen LogP contribution in [0.25, 0.3) is 0 Å². The molecule has 0 aromatic rings. The van der Waals surface area contributed by atoms with Crippen molar-refractivity contribution in [2.75, 3.05) is 13.2 Å². The van der Waals surface area contributed by atoms with E-state index < -0.39 is 46.3 Å². The number of carboxylic acids is 1. The molecule has 224 valence electrons. The molecule has 1 aliphatic heterocycles. The number of carboxylic acid groups (broad SMARTS) is 1. The number of nitrogens with zero attached hydrogens (tertiary/aromatic N) is 1. The Bertz CT molecular complexity index is 861. The van der Waals surface area contributed by atoms with Crippen molar-refractivity contribution < 1.29 is 29.0 Å². The number of hydrogen-bond acceptors (Lipinski definition) is 5. The Kier molecular flexibility index (Phi) is 10.4. The van der Waals surface area contributed by atoms with E-state index in [-0.39, 0.29) is 12.5 Å². The lowest BCUT2D eigenvalue weighted by Crippen LogP contribution is -2.71. The maximum Gasteiger partial charge on any atom is 0.315 e. The molecular weight excluding hydrogens is 498 g/mol. The summed E-state index contributed by atoms with van der Waals surface area (Å²) in [5, 5.41) is 13.6. The van der Waals surface area contributed by atoms with E-state index in [2.05, 4.69) is 12.2 Å². The van der Waals surface area contributed by atoms with Gasteiger partial charge in [0, 0.05) is 17.5 Å². The Morgan fingerprint density at radius 3 is 2.13 bits per heavy atom. The number of urea groups is 1. The number of carbonyl (C=O) groups is 3. The number of rotatable bonds is 12. The Morgan fingerprint density at radius 1 is 0.974 bits per heavy atom. The third-order valence-corrected chi connectivity index (χ3v) is 9.46. The van der Waals surface area contributed by atoms with Gasteiger partial charge in [0.2, 0.25) is 5.91 Å². The summed E-state index contributed by atoms with van der Waals surface area (Å²) in [5.41, 5.74) is 4.25. The van der Waals surface area contributed by atoms with Gasteiger partial charge in [-0.25, -0.2) is 4.79 Å². The molecule has 2 saturated carbocycles. The Labute approximate surface area is 234 Å². The van der Waals surface area contributed by atoms with Crippen LogP contribution in [0.2, 0.25) is 0 Å². The van der Waals surface area contributed by atoms with Gasteiger partial charge in [-0.15, -0.1) is 0 Å².